The van der Waals surface area contributed by atoms with Gasteiger partial charge in [-0.3, -0.25) is 9.59 Å². The highest BCUT2D eigenvalue weighted by molar-refractivity contribution is 5.98. The Hall–Kier alpha value is -2.92. The van der Waals surface area contributed by atoms with Gasteiger partial charge in [-0.25, -0.2) is 4.79 Å². The van der Waals surface area contributed by atoms with Crippen LogP contribution in [0.3, 0.4) is 0 Å². The summed E-state index contributed by atoms with van der Waals surface area (Å²) >= 11 is 0. The third-order valence-corrected chi connectivity index (χ3v) is 5.26. The van der Waals surface area contributed by atoms with Crippen molar-refractivity contribution in [2.75, 3.05) is 26.2 Å². The molecule has 1 atom stereocenters. The van der Waals surface area contributed by atoms with Gasteiger partial charge in [0, 0.05) is 25.2 Å². The van der Waals surface area contributed by atoms with Gasteiger partial charge in [0.1, 0.15) is 12.6 Å². The van der Waals surface area contributed by atoms with E-state index in [1.165, 1.54) is 0 Å². The number of benzene rings is 1. The summed E-state index contributed by atoms with van der Waals surface area (Å²) in [5.41, 5.74) is 0.957. The fraction of sp³-hybridized carbons (Fsp3) is 0.500. The topological polar surface area (TPSA) is 111 Å². The van der Waals surface area contributed by atoms with E-state index < -0.39 is 12.0 Å². The lowest BCUT2D eigenvalue weighted by molar-refractivity contribution is -0.147. The fourth-order valence-corrected chi connectivity index (χ4v) is 3.76. The van der Waals surface area contributed by atoms with Crippen molar-refractivity contribution in [2.24, 2.45) is 0 Å². The van der Waals surface area contributed by atoms with Crippen LogP contribution in [-0.4, -0.2) is 71.1 Å². The number of nitrogens with zero attached hydrogens (tertiary/aromatic N) is 3. The van der Waals surface area contributed by atoms with Crippen LogP contribution in [0.4, 0.5) is 0 Å². The van der Waals surface area contributed by atoms with Gasteiger partial charge >= 0.3 is 5.97 Å². The molecule has 1 aromatic rings. The van der Waals surface area contributed by atoms with Gasteiger partial charge in [0.15, 0.2) is 0 Å². The molecule has 0 aromatic heterocycles. The summed E-state index contributed by atoms with van der Waals surface area (Å²) in [6.07, 6.45) is 2.44. The minimum Gasteiger partial charge on any atom is -0.480 e. The minimum absolute atomic E-state index is 0.0591. The molecule has 8 heteroatoms. The maximum Gasteiger partial charge on any atom is 0.329 e. The molecule has 2 saturated heterocycles. The molecule has 2 aliphatic rings. The number of amides is 2. The molecule has 3 rings (SSSR count). The number of piperidine rings is 1. The van der Waals surface area contributed by atoms with Gasteiger partial charge in [-0.05, 0) is 49.9 Å². The Labute approximate surface area is 163 Å². The van der Waals surface area contributed by atoms with Crippen LogP contribution in [0.15, 0.2) is 24.3 Å². The first-order valence-corrected chi connectivity index (χ1v) is 9.43. The van der Waals surface area contributed by atoms with Crippen LogP contribution in [-0.2, 0) is 14.3 Å². The maximum absolute atomic E-state index is 13.0. The Morgan fingerprint density at radius 2 is 1.79 bits per heavy atom. The quantitative estimate of drug-likeness (QED) is 0.817. The zero-order valence-corrected chi connectivity index (χ0v) is 15.5. The zero-order chi connectivity index (χ0) is 20.1. The molecule has 0 unspecified atom stereocenters. The summed E-state index contributed by atoms with van der Waals surface area (Å²) in [7, 11) is 0. The highest BCUT2D eigenvalue weighted by Crippen LogP contribution is 2.24. The van der Waals surface area contributed by atoms with Crippen molar-refractivity contribution in [1.82, 2.24) is 9.80 Å². The van der Waals surface area contributed by atoms with Gasteiger partial charge < -0.3 is 19.6 Å². The first-order valence-electron chi connectivity index (χ1n) is 9.43. The number of carbonyl (C=O) groups excluding carboxylic acids is 2. The average molecular weight is 385 g/mol. The second-order valence-electron chi connectivity index (χ2n) is 7.08. The number of hydrogen-bond donors (Lipinski definition) is 1. The molecule has 2 amide bonds. The van der Waals surface area contributed by atoms with Gasteiger partial charge in [-0.1, -0.05) is 0 Å². The molecular formula is C20H23N3O5. The average Bonchev–Trinajstić information content (AvgIpc) is 3.21. The van der Waals surface area contributed by atoms with Gasteiger partial charge in [-0.2, -0.15) is 5.26 Å². The number of rotatable bonds is 5. The van der Waals surface area contributed by atoms with Crippen molar-refractivity contribution in [3.8, 4) is 6.07 Å². The maximum atomic E-state index is 13.0. The first-order chi connectivity index (χ1) is 13.5. The largest absolute Gasteiger partial charge is 0.480 e. The Morgan fingerprint density at radius 3 is 2.39 bits per heavy atom. The number of ether oxygens (including phenoxy) is 1. The SMILES string of the molecule is N#Cc1ccc(C(=O)N2CCC[C@H]2C(=O)N2CCC(OCC(=O)O)CC2)cc1. The summed E-state index contributed by atoms with van der Waals surface area (Å²) in [6.45, 7) is 1.21. The lowest BCUT2D eigenvalue weighted by atomic mass is 10.1. The number of likely N-dealkylation sites (tertiary alicyclic amines) is 2. The summed E-state index contributed by atoms with van der Waals surface area (Å²) in [4.78, 5) is 39.8. The van der Waals surface area contributed by atoms with Crippen LogP contribution in [0.5, 0.6) is 0 Å². The van der Waals surface area contributed by atoms with Crippen molar-refractivity contribution < 1.29 is 24.2 Å². The number of nitriles is 1. The van der Waals surface area contributed by atoms with E-state index in [1.54, 1.807) is 34.1 Å². The summed E-state index contributed by atoms with van der Waals surface area (Å²) in [5, 5.41) is 17.6. The van der Waals surface area contributed by atoms with E-state index in [2.05, 4.69) is 0 Å². The highest BCUT2D eigenvalue weighted by Gasteiger charge is 2.38. The Morgan fingerprint density at radius 1 is 1.11 bits per heavy atom. The molecular weight excluding hydrogens is 362 g/mol. The highest BCUT2D eigenvalue weighted by atomic mass is 16.5. The Kier molecular flexibility index (Phi) is 6.26. The van der Waals surface area contributed by atoms with Crippen molar-refractivity contribution in [3.05, 3.63) is 35.4 Å². The lowest BCUT2D eigenvalue weighted by Gasteiger charge is -2.35. The second kappa shape index (κ2) is 8.85. The Bertz CT molecular complexity index is 778. The second-order valence-corrected chi connectivity index (χ2v) is 7.08. The van der Waals surface area contributed by atoms with Crippen molar-refractivity contribution >= 4 is 17.8 Å². The van der Waals surface area contributed by atoms with E-state index in [0.717, 1.165) is 6.42 Å². The van der Waals surface area contributed by atoms with Crippen LogP contribution in [0.25, 0.3) is 0 Å². The van der Waals surface area contributed by atoms with Gasteiger partial charge in [0.25, 0.3) is 5.91 Å². The van der Waals surface area contributed by atoms with Gasteiger partial charge in [0.05, 0.1) is 17.7 Å². The van der Waals surface area contributed by atoms with E-state index >= 15 is 0 Å². The molecule has 0 bridgehead atoms. The molecule has 8 nitrogen and oxygen atoms in total. The van der Waals surface area contributed by atoms with E-state index in [9.17, 15) is 14.4 Å². The first kappa shape index (κ1) is 19.8. The molecule has 0 aliphatic carbocycles. The van der Waals surface area contributed by atoms with Crippen molar-refractivity contribution in [1.29, 1.82) is 5.26 Å². The monoisotopic (exact) mass is 385 g/mol. The molecule has 0 spiro atoms. The summed E-state index contributed by atoms with van der Waals surface area (Å²) < 4.78 is 5.31. The number of hydrogen-bond acceptors (Lipinski definition) is 5. The molecule has 1 aromatic carbocycles. The molecule has 2 aliphatic heterocycles. The van der Waals surface area contributed by atoms with Crippen LogP contribution in [0, 0.1) is 11.3 Å². The van der Waals surface area contributed by atoms with Crippen LogP contribution in [0.1, 0.15) is 41.6 Å². The third-order valence-electron chi connectivity index (χ3n) is 5.26. The molecule has 2 heterocycles. The van der Waals surface area contributed by atoms with E-state index in [0.29, 0.717) is 50.0 Å². The van der Waals surface area contributed by atoms with E-state index in [1.807, 2.05) is 6.07 Å². The minimum atomic E-state index is -0.999. The summed E-state index contributed by atoms with van der Waals surface area (Å²) in [6, 6.07) is 7.98. The molecule has 148 valence electrons. The predicted octanol–water partition coefficient (Wildman–Crippen LogP) is 1.26. The van der Waals surface area contributed by atoms with E-state index in [4.69, 9.17) is 15.1 Å². The third kappa shape index (κ3) is 4.49. The lowest BCUT2D eigenvalue weighted by Crippen LogP contribution is -2.50. The zero-order valence-electron chi connectivity index (χ0n) is 15.5. The molecule has 2 fully saturated rings. The molecule has 1 N–H and O–H groups in total. The van der Waals surface area contributed by atoms with Gasteiger partial charge in [-0.15, -0.1) is 0 Å². The van der Waals surface area contributed by atoms with Crippen LogP contribution in [0.2, 0.25) is 0 Å². The fourth-order valence-electron chi connectivity index (χ4n) is 3.76. The number of aliphatic carboxylic acids is 1. The predicted molar refractivity (Wildman–Crippen MR) is 98.4 cm³/mol. The molecule has 28 heavy (non-hydrogen) atoms. The van der Waals surface area contributed by atoms with Gasteiger partial charge in [0.2, 0.25) is 5.91 Å². The van der Waals surface area contributed by atoms with Crippen molar-refractivity contribution in [3.63, 3.8) is 0 Å². The number of carbonyl (C=O) groups is 3. The van der Waals surface area contributed by atoms with Crippen LogP contribution >= 0.6 is 0 Å². The standard InChI is InChI=1S/C20H23N3O5/c21-12-14-3-5-15(6-4-14)19(26)23-9-1-2-17(23)20(27)22-10-7-16(8-11-22)28-13-18(24)25/h3-6,16-17H,1-2,7-11,13H2,(H,24,25)/t17-/m0/s1. The normalized spacial score (nSPS) is 20.0. The Balaban J connectivity index is 1.59. The van der Waals surface area contributed by atoms with Crippen LogP contribution < -0.4 is 0 Å². The number of carboxylic acids is 1. The summed E-state index contributed by atoms with van der Waals surface area (Å²) in [5.74, 6) is -1.25. The molecule has 0 saturated carbocycles. The molecule has 0 radical (unpaired) electrons. The van der Waals surface area contributed by atoms with Crippen molar-refractivity contribution in [2.45, 2.75) is 37.8 Å². The smallest absolute Gasteiger partial charge is 0.329 e. The number of carboxylic acid groups (broad SMARTS) is 1. The van der Waals surface area contributed by atoms with E-state index in [-0.39, 0.29) is 24.5 Å².